The molecule has 0 fully saturated rings. The topological polar surface area (TPSA) is 52.7 Å². The summed E-state index contributed by atoms with van der Waals surface area (Å²) < 4.78 is 15.8. The van der Waals surface area contributed by atoms with E-state index in [-0.39, 0.29) is 0 Å². The third-order valence-corrected chi connectivity index (χ3v) is 5.01. The number of aromatic nitrogens is 4. The predicted octanol–water partition coefficient (Wildman–Crippen LogP) is 2.27. The molecule has 7 heteroatoms. The molecule has 2 aromatic heterocycles. The van der Waals surface area contributed by atoms with Crippen LogP contribution >= 0.6 is 11.6 Å². The van der Waals surface area contributed by atoms with Crippen LogP contribution < -0.4 is 0 Å². The molecule has 21 heavy (non-hydrogen) atoms. The predicted molar refractivity (Wildman–Crippen MR) is 88.5 cm³/mol. The Kier molecular flexibility index (Phi) is 5.81. The van der Waals surface area contributed by atoms with E-state index >= 15 is 0 Å². The van der Waals surface area contributed by atoms with Crippen molar-refractivity contribution in [1.29, 1.82) is 0 Å². The summed E-state index contributed by atoms with van der Waals surface area (Å²) in [5, 5.41) is 4.57. The Bertz CT molecular complexity index is 634. The van der Waals surface area contributed by atoms with Gasteiger partial charge in [0.25, 0.3) is 0 Å². The fourth-order valence-corrected chi connectivity index (χ4v) is 3.38. The Morgan fingerprint density at radius 3 is 2.67 bits per heavy atom. The molecule has 0 spiro atoms. The summed E-state index contributed by atoms with van der Waals surface area (Å²) in [4.78, 5) is 4.74. The maximum Gasteiger partial charge on any atom is 0.158 e. The number of hydrogen-bond acceptors (Lipinski definition) is 3. The van der Waals surface area contributed by atoms with Crippen molar-refractivity contribution in [2.24, 2.45) is 7.05 Å². The lowest BCUT2D eigenvalue weighted by Crippen LogP contribution is -2.14. The SMILES string of the molecule is CCCc1nn(C)c2c1nc(CCCl)n2CCS(=O)CC. The zero-order valence-corrected chi connectivity index (χ0v) is 14.5. The van der Waals surface area contributed by atoms with Crippen molar-refractivity contribution in [1.82, 2.24) is 19.3 Å². The second-order valence-corrected chi connectivity index (χ2v) is 7.29. The van der Waals surface area contributed by atoms with Crippen molar-refractivity contribution in [3.05, 3.63) is 11.5 Å². The molecule has 0 radical (unpaired) electrons. The molecule has 0 amide bonds. The third kappa shape index (κ3) is 3.48. The molecule has 2 aromatic rings. The Morgan fingerprint density at radius 1 is 1.29 bits per heavy atom. The lowest BCUT2D eigenvalue weighted by Gasteiger charge is -2.08. The van der Waals surface area contributed by atoms with E-state index < -0.39 is 10.8 Å². The second-order valence-electron chi connectivity index (χ2n) is 5.04. The van der Waals surface area contributed by atoms with Crippen LogP contribution in [-0.2, 0) is 37.2 Å². The minimum atomic E-state index is -0.781. The van der Waals surface area contributed by atoms with Gasteiger partial charge in [-0.3, -0.25) is 8.89 Å². The van der Waals surface area contributed by atoms with Gasteiger partial charge in [0.2, 0.25) is 0 Å². The third-order valence-electron chi connectivity index (χ3n) is 3.54. The first-order valence-corrected chi connectivity index (χ1v) is 9.46. The van der Waals surface area contributed by atoms with Gasteiger partial charge in [-0.2, -0.15) is 5.10 Å². The molecule has 5 nitrogen and oxygen atoms in total. The lowest BCUT2D eigenvalue weighted by molar-refractivity contribution is 0.655. The van der Waals surface area contributed by atoms with Crippen molar-refractivity contribution < 1.29 is 4.21 Å². The molecule has 0 aliphatic carbocycles. The molecule has 1 atom stereocenters. The number of halogens is 1. The number of fused-ring (bicyclic) bond motifs is 1. The van der Waals surface area contributed by atoms with E-state index in [2.05, 4.69) is 16.6 Å². The van der Waals surface area contributed by atoms with Gasteiger partial charge in [0.15, 0.2) is 5.65 Å². The van der Waals surface area contributed by atoms with Crippen LogP contribution in [0, 0.1) is 0 Å². The minimum absolute atomic E-state index is 0.538. The molecule has 1 unspecified atom stereocenters. The van der Waals surface area contributed by atoms with Gasteiger partial charge in [0.1, 0.15) is 11.3 Å². The zero-order chi connectivity index (χ0) is 15.4. The van der Waals surface area contributed by atoms with Gasteiger partial charge in [-0.05, 0) is 6.42 Å². The van der Waals surface area contributed by atoms with E-state index in [1.807, 2.05) is 18.7 Å². The van der Waals surface area contributed by atoms with Crippen LogP contribution in [0.5, 0.6) is 0 Å². The molecule has 118 valence electrons. The number of aryl methyl sites for hydroxylation is 4. The number of imidazole rings is 1. The van der Waals surface area contributed by atoms with E-state index in [9.17, 15) is 4.21 Å². The van der Waals surface area contributed by atoms with Gasteiger partial charge in [0.05, 0.1) is 5.69 Å². The summed E-state index contributed by atoms with van der Waals surface area (Å²) in [6, 6.07) is 0. The summed E-state index contributed by atoms with van der Waals surface area (Å²) in [5.41, 5.74) is 3.04. The van der Waals surface area contributed by atoms with E-state index in [0.717, 1.165) is 41.9 Å². The summed E-state index contributed by atoms with van der Waals surface area (Å²) in [6.07, 6.45) is 2.69. The van der Waals surface area contributed by atoms with Crippen molar-refractivity contribution >= 4 is 33.6 Å². The minimum Gasteiger partial charge on any atom is -0.312 e. The Balaban J connectivity index is 2.43. The number of nitrogens with zero attached hydrogens (tertiary/aromatic N) is 4. The summed E-state index contributed by atoms with van der Waals surface area (Å²) in [5.74, 6) is 2.84. The fraction of sp³-hybridized carbons (Fsp3) is 0.714. The lowest BCUT2D eigenvalue weighted by atomic mass is 10.2. The smallest absolute Gasteiger partial charge is 0.158 e. The molecule has 0 aliphatic rings. The molecule has 0 saturated heterocycles. The molecule has 2 rings (SSSR count). The van der Waals surface area contributed by atoms with E-state index in [0.29, 0.717) is 23.9 Å². The highest BCUT2D eigenvalue weighted by Gasteiger charge is 2.18. The van der Waals surface area contributed by atoms with Gasteiger partial charge < -0.3 is 4.57 Å². The van der Waals surface area contributed by atoms with Gasteiger partial charge in [-0.1, -0.05) is 20.3 Å². The summed E-state index contributed by atoms with van der Waals surface area (Å²) in [6.45, 7) is 4.79. The van der Waals surface area contributed by atoms with Crippen LogP contribution in [0.1, 0.15) is 31.8 Å². The fourth-order valence-electron chi connectivity index (χ4n) is 2.54. The number of alkyl halides is 1. The van der Waals surface area contributed by atoms with Crippen molar-refractivity contribution in [2.45, 2.75) is 39.7 Å². The quantitative estimate of drug-likeness (QED) is 0.698. The molecule has 0 aromatic carbocycles. The number of hydrogen-bond donors (Lipinski definition) is 0. The molecular weight excluding hydrogens is 308 g/mol. The molecule has 0 aliphatic heterocycles. The van der Waals surface area contributed by atoms with Gasteiger partial charge in [-0.25, -0.2) is 4.98 Å². The Hall–Kier alpha value is -0.880. The first-order chi connectivity index (χ1) is 10.1. The summed E-state index contributed by atoms with van der Waals surface area (Å²) in [7, 11) is 1.16. The zero-order valence-electron chi connectivity index (χ0n) is 12.9. The summed E-state index contributed by atoms with van der Waals surface area (Å²) >= 11 is 5.90. The number of rotatable bonds is 8. The van der Waals surface area contributed by atoms with E-state index in [1.165, 1.54) is 0 Å². The van der Waals surface area contributed by atoms with Crippen LogP contribution in [0.4, 0.5) is 0 Å². The van der Waals surface area contributed by atoms with Crippen molar-refractivity contribution in [3.8, 4) is 0 Å². The highest BCUT2D eigenvalue weighted by Crippen LogP contribution is 2.21. The van der Waals surface area contributed by atoms with E-state index in [4.69, 9.17) is 16.6 Å². The highest BCUT2D eigenvalue weighted by atomic mass is 35.5. The molecule has 0 bridgehead atoms. The standard InChI is InChI=1S/C14H23ClN4OS/c1-4-6-11-13-14(18(3)17-11)19(9-10-21(20)5-2)12(16-13)7-8-15/h4-10H2,1-3H3. The normalized spacial score (nSPS) is 13.1. The van der Waals surface area contributed by atoms with Crippen LogP contribution in [0.15, 0.2) is 0 Å². The van der Waals surface area contributed by atoms with Gasteiger partial charge in [-0.15, -0.1) is 11.6 Å². The molecule has 2 heterocycles. The largest absolute Gasteiger partial charge is 0.312 e. The van der Waals surface area contributed by atoms with Gasteiger partial charge in [0, 0.05) is 48.2 Å². The maximum absolute atomic E-state index is 11.7. The molecule has 0 N–H and O–H groups in total. The second kappa shape index (κ2) is 7.40. The van der Waals surface area contributed by atoms with Gasteiger partial charge >= 0.3 is 0 Å². The van der Waals surface area contributed by atoms with Crippen LogP contribution in [0.2, 0.25) is 0 Å². The average Bonchev–Trinajstić information content (AvgIpc) is 2.96. The first kappa shape index (κ1) is 16.5. The monoisotopic (exact) mass is 330 g/mol. The maximum atomic E-state index is 11.7. The highest BCUT2D eigenvalue weighted by molar-refractivity contribution is 7.84. The van der Waals surface area contributed by atoms with E-state index in [1.54, 1.807) is 0 Å². The van der Waals surface area contributed by atoms with Crippen LogP contribution in [0.25, 0.3) is 11.2 Å². The first-order valence-electron chi connectivity index (χ1n) is 7.44. The van der Waals surface area contributed by atoms with Crippen LogP contribution in [0.3, 0.4) is 0 Å². The molecule has 0 saturated carbocycles. The van der Waals surface area contributed by atoms with Crippen molar-refractivity contribution in [3.63, 3.8) is 0 Å². The Morgan fingerprint density at radius 2 is 2.05 bits per heavy atom. The van der Waals surface area contributed by atoms with Crippen molar-refractivity contribution in [2.75, 3.05) is 17.4 Å². The Labute approximate surface area is 133 Å². The van der Waals surface area contributed by atoms with Crippen LogP contribution in [-0.4, -0.2) is 40.9 Å². The molecular formula is C14H23ClN4OS. The average molecular weight is 331 g/mol.